The number of rotatable bonds is 5. The van der Waals surface area contributed by atoms with Gasteiger partial charge in [-0.15, -0.1) is 0 Å². The van der Waals surface area contributed by atoms with E-state index in [4.69, 9.17) is 0 Å². The van der Waals surface area contributed by atoms with Crippen molar-refractivity contribution in [2.45, 2.75) is 39.2 Å². The third-order valence-electron chi connectivity index (χ3n) is 2.88. The Labute approximate surface area is 109 Å². The number of nitrogens with zero attached hydrogens (tertiary/aromatic N) is 2. The lowest BCUT2D eigenvalue weighted by atomic mass is 9.98. The van der Waals surface area contributed by atoms with Crippen LogP contribution in [0.1, 0.15) is 38.7 Å². The Hall–Kier alpha value is -1.82. The first kappa shape index (κ1) is 14.2. The van der Waals surface area contributed by atoms with E-state index >= 15 is 0 Å². The average molecular weight is 244 g/mol. The Balaban J connectivity index is 2.95. The van der Waals surface area contributed by atoms with Gasteiger partial charge in [-0.1, -0.05) is 37.3 Å². The highest BCUT2D eigenvalue weighted by atomic mass is 16.2. The molecule has 18 heavy (non-hydrogen) atoms. The van der Waals surface area contributed by atoms with Crippen LogP contribution in [0.5, 0.6) is 0 Å². The molecule has 1 rings (SSSR count). The minimum Gasteiger partial charge on any atom is -0.339 e. The first-order valence-corrected chi connectivity index (χ1v) is 6.36. The zero-order valence-electron chi connectivity index (χ0n) is 11.3. The SMILES string of the molecule is CCCN(C(=O)C(C#N)c1ccccc1)C(C)C. The van der Waals surface area contributed by atoms with Gasteiger partial charge >= 0.3 is 0 Å². The van der Waals surface area contributed by atoms with E-state index in [2.05, 4.69) is 6.07 Å². The molecular formula is C15H20N2O. The van der Waals surface area contributed by atoms with Gasteiger partial charge in [0.25, 0.3) is 0 Å². The highest BCUT2D eigenvalue weighted by Gasteiger charge is 2.26. The standard InChI is InChI=1S/C15H20N2O/c1-4-10-17(12(2)3)15(18)14(11-16)13-8-6-5-7-9-13/h5-9,12,14H,4,10H2,1-3H3. The average Bonchev–Trinajstić information content (AvgIpc) is 2.37. The van der Waals surface area contributed by atoms with Gasteiger partial charge in [0.05, 0.1) is 6.07 Å². The molecule has 3 nitrogen and oxygen atoms in total. The maximum absolute atomic E-state index is 12.4. The predicted octanol–water partition coefficient (Wildman–Crippen LogP) is 2.94. The van der Waals surface area contributed by atoms with Gasteiger partial charge in [0.15, 0.2) is 0 Å². The van der Waals surface area contributed by atoms with Gasteiger partial charge < -0.3 is 4.90 Å². The molecule has 0 heterocycles. The van der Waals surface area contributed by atoms with E-state index < -0.39 is 5.92 Å². The molecule has 0 saturated carbocycles. The Kier molecular flexibility index (Phi) is 5.38. The van der Waals surface area contributed by atoms with E-state index in [1.54, 1.807) is 4.90 Å². The van der Waals surface area contributed by atoms with E-state index in [1.807, 2.05) is 51.1 Å². The van der Waals surface area contributed by atoms with Crippen LogP contribution in [0, 0.1) is 11.3 Å². The van der Waals surface area contributed by atoms with E-state index in [1.165, 1.54) is 0 Å². The normalized spacial score (nSPS) is 11.9. The lowest BCUT2D eigenvalue weighted by molar-refractivity contribution is -0.133. The summed E-state index contributed by atoms with van der Waals surface area (Å²) in [4.78, 5) is 14.2. The molecular weight excluding hydrogens is 224 g/mol. The van der Waals surface area contributed by atoms with Crippen LogP contribution in [-0.4, -0.2) is 23.4 Å². The molecule has 1 aromatic rings. The molecule has 0 spiro atoms. The van der Waals surface area contributed by atoms with Gasteiger partial charge in [-0.05, 0) is 25.8 Å². The van der Waals surface area contributed by atoms with Crippen molar-refractivity contribution in [1.82, 2.24) is 4.90 Å². The molecule has 0 saturated heterocycles. The van der Waals surface area contributed by atoms with Crippen molar-refractivity contribution < 1.29 is 4.79 Å². The lowest BCUT2D eigenvalue weighted by Crippen LogP contribution is -2.40. The molecule has 1 amide bonds. The molecule has 0 radical (unpaired) electrons. The maximum atomic E-state index is 12.4. The summed E-state index contributed by atoms with van der Waals surface area (Å²) >= 11 is 0. The summed E-state index contributed by atoms with van der Waals surface area (Å²) in [5, 5.41) is 9.25. The molecule has 1 unspecified atom stereocenters. The van der Waals surface area contributed by atoms with Crippen LogP contribution >= 0.6 is 0 Å². The zero-order chi connectivity index (χ0) is 13.5. The number of benzene rings is 1. The molecule has 1 atom stereocenters. The van der Waals surface area contributed by atoms with Crippen LogP contribution in [0.2, 0.25) is 0 Å². The molecule has 0 aliphatic rings. The third kappa shape index (κ3) is 3.33. The zero-order valence-corrected chi connectivity index (χ0v) is 11.3. The fourth-order valence-corrected chi connectivity index (χ4v) is 1.95. The monoisotopic (exact) mass is 244 g/mol. The third-order valence-corrected chi connectivity index (χ3v) is 2.88. The smallest absolute Gasteiger partial charge is 0.244 e. The summed E-state index contributed by atoms with van der Waals surface area (Å²) in [6.45, 7) is 6.69. The topological polar surface area (TPSA) is 44.1 Å². The van der Waals surface area contributed by atoms with Crippen molar-refractivity contribution in [2.24, 2.45) is 0 Å². The summed E-state index contributed by atoms with van der Waals surface area (Å²) in [5.74, 6) is -0.791. The fraction of sp³-hybridized carbons (Fsp3) is 0.467. The number of carbonyl (C=O) groups is 1. The van der Waals surface area contributed by atoms with Gasteiger partial charge in [-0.3, -0.25) is 4.79 Å². The second kappa shape index (κ2) is 6.80. The molecule has 3 heteroatoms. The fourth-order valence-electron chi connectivity index (χ4n) is 1.95. The highest BCUT2D eigenvalue weighted by Crippen LogP contribution is 2.19. The minimum absolute atomic E-state index is 0.0967. The minimum atomic E-state index is -0.694. The molecule has 0 fully saturated rings. The second-order valence-electron chi connectivity index (χ2n) is 4.60. The molecule has 0 N–H and O–H groups in total. The highest BCUT2D eigenvalue weighted by molar-refractivity contribution is 5.86. The number of hydrogen-bond donors (Lipinski definition) is 0. The second-order valence-corrected chi connectivity index (χ2v) is 4.60. The number of carbonyl (C=O) groups excluding carboxylic acids is 1. The Morgan fingerprint density at radius 2 is 1.94 bits per heavy atom. The number of amides is 1. The van der Waals surface area contributed by atoms with Crippen LogP contribution in [0.15, 0.2) is 30.3 Å². The summed E-state index contributed by atoms with van der Waals surface area (Å²) in [7, 11) is 0. The van der Waals surface area contributed by atoms with Gasteiger partial charge in [-0.2, -0.15) is 5.26 Å². The molecule has 0 aliphatic heterocycles. The van der Waals surface area contributed by atoms with Crippen LogP contribution in [-0.2, 0) is 4.79 Å². The Bertz CT molecular complexity index is 420. The van der Waals surface area contributed by atoms with Crippen molar-refractivity contribution in [3.63, 3.8) is 0 Å². The summed E-state index contributed by atoms with van der Waals surface area (Å²) in [5.41, 5.74) is 0.770. The Morgan fingerprint density at radius 3 is 2.39 bits per heavy atom. The molecule has 0 bridgehead atoms. The first-order chi connectivity index (χ1) is 8.61. The van der Waals surface area contributed by atoms with Crippen LogP contribution in [0.25, 0.3) is 0 Å². The van der Waals surface area contributed by atoms with Crippen LogP contribution in [0.3, 0.4) is 0 Å². The Morgan fingerprint density at radius 1 is 1.33 bits per heavy atom. The van der Waals surface area contributed by atoms with Gasteiger partial charge in [-0.25, -0.2) is 0 Å². The number of nitriles is 1. The molecule has 96 valence electrons. The van der Waals surface area contributed by atoms with Gasteiger partial charge in [0, 0.05) is 12.6 Å². The van der Waals surface area contributed by atoms with E-state index in [9.17, 15) is 10.1 Å². The molecule has 0 aliphatic carbocycles. The maximum Gasteiger partial charge on any atom is 0.244 e. The summed E-state index contributed by atoms with van der Waals surface area (Å²) in [6.07, 6.45) is 0.900. The van der Waals surface area contributed by atoms with E-state index in [0.29, 0.717) is 6.54 Å². The number of hydrogen-bond acceptors (Lipinski definition) is 2. The largest absolute Gasteiger partial charge is 0.339 e. The van der Waals surface area contributed by atoms with Crippen molar-refractivity contribution >= 4 is 5.91 Å². The van der Waals surface area contributed by atoms with Crippen molar-refractivity contribution in [2.75, 3.05) is 6.54 Å². The quantitative estimate of drug-likeness (QED) is 0.799. The summed E-state index contributed by atoms with van der Waals surface area (Å²) < 4.78 is 0. The molecule has 1 aromatic carbocycles. The van der Waals surface area contributed by atoms with Crippen LogP contribution < -0.4 is 0 Å². The summed E-state index contributed by atoms with van der Waals surface area (Å²) in [6, 6.07) is 11.5. The van der Waals surface area contributed by atoms with E-state index in [0.717, 1.165) is 12.0 Å². The first-order valence-electron chi connectivity index (χ1n) is 6.36. The lowest BCUT2D eigenvalue weighted by Gasteiger charge is -2.28. The van der Waals surface area contributed by atoms with Crippen LogP contribution in [0.4, 0.5) is 0 Å². The predicted molar refractivity (Wildman–Crippen MR) is 71.9 cm³/mol. The molecule has 0 aromatic heterocycles. The van der Waals surface area contributed by atoms with Crippen molar-refractivity contribution in [3.8, 4) is 6.07 Å². The van der Waals surface area contributed by atoms with Gasteiger partial charge in [0.1, 0.15) is 5.92 Å². The van der Waals surface area contributed by atoms with Gasteiger partial charge in [0.2, 0.25) is 5.91 Å². The van der Waals surface area contributed by atoms with Crippen molar-refractivity contribution in [1.29, 1.82) is 5.26 Å². The van der Waals surface area contributed by atoms with Crippen molar-refractivity contribution in [3.05, 3.63) is 35.9 Å². The van der Waals surface area contributed by atoms with E-state index in [-0.39, 0.29) is 11.9 Å².